The molecule has 0 bridgehead atoms. The van der Waals surface area contributed by atoms with Crippen LogP contribution in [0.1, 0.15) is 28.8 Å². The summed E-state index contributed by atoms with van der Waals surface area (Å²) in [5, 5.41) is 0. The van der Waals surface area contributed by atoms with Crippen molar-refractivity contribution in [3.05, 3.63) is 35.4 Å². The van der Waals surface area contributed by atoms with Gasteiger partial charge in [0.05, 0.1) is 0 Å². The Bertz CT molecular complexity index is 356. The largest absolute Gasteiger partial charge is 0.299 e. The molecule has 1 radical (unpaired) electrons. The number of carbonyl (C=O) groups is 1. The zero-order valence-electron chi connectivity index (χ0n) is 8.70. The molecule has 1 heterocycles. The number of nitrogens with zero attached hydrogens (tertiary/aromatic N) is 1. The summed E-state index contributed by atoms with van der Waals surface area (Å²) in [7, 11) is 0. The highest BCUT2D eigenvalue weighted by molar-refractivity contribution is 5.92. The highest BCUT2D eigenvalue weighted by Crippen LogP contribution is 2.13. The molecule has 0 aromatic heterocycles. The molecular weight excluding hydrogens is 188 g/mol. The van der Waals surface area contributed by atoms with Gasteiger partial charge in [0, 0.05) is 12.1 Å². The Morgan fingerprint density at radius 2 is 2.07 bits per heavy atom. The SMILES string of the molecule is [NH]C(=O)c1cccc(CN2CCCC2)c1. The molecule has 15 heavy (non-hydrogen) atoms. The Kier molecular flexibility index (Phi) is 3.02. The van der Waals surface area contributed by atoms with Gasteiger partial charge in [0.1, 0.15) is 0 Å². The van der Waals surface area contributed by atoms with Crippen molar-refractivity contribution >= 4 is 5.91 Å². The van der Waals surface area contributed by atoms with Crippen molar-refractivity contribution < 1.29 is 4.79 Å². The van der Waals surface area contributed by atoms with Crippen molar-refractivity contribution in [1.82, 2.24) is 10.6 Å². The molecule has 1 N–H and O–H groups in total. The number of hydrogen-bond acceptors (Lipinski definition) is 2. The van der Waals surface area contributed by atoms with Gasteiger partial charge in [-0.1, -0.05) is 12.1 Å². The molecule has 3 heteroatoms. The van der Waals surface area contributed by atoms with Crippen LogP contribution in [0.4, 0.5) is 0 Å². The fourth-order valence-corrected chi connectivity index (χ4v) is 2.01. The summed E-state index contributed by atoms with van der Waals surface area (Å²) in [4.78, 5) is 13.3. The second kappa shape index (κ2) is 4.45. The van der Waals surface area contributed by atoms with Crippen molar-refractivity contribution in [2.24, 2.45) is 0 Å². The van der Waals surface area contributed by atoms with E-state index < -0.39 is 5.91 Å². The predicted molar refractivity (Wildman–Crippen MR) is 58.4 cm³/mol. The average molecular weight is 203 g/mol. The van der Waals surface area contributed by atoms with Gasteiger partial charge in [-0.15, -0.1) is 0 Å². The quantitative estimate of drug-likeness (QED) is 0.750. The number of benzene rings is 1. The van der Waals surface area contributed by atoms with Gasteiger partial charge in [-0.25, -0.2) is 0 Å². The van der Waals surface area contributed by atoms with E-state index in [4.69, 9.17) is 5.73 Å². The van der Waals surface area contributed by atoms with Gasteiger partial charge in [0.15, 0.2) is 0 Å². The zero-order valence-corrected chi connectivity index (χ0v) is 8.70. The second-order valence-electron chi connectivity index (χ2n) is 4.01. The average Bonchev–Trinajstić information content (AvgIpc) is 2.71. The molecule has 1 aromatic carbocycles. The Balaban J connectivity index is 2.07. The van der Waals surface area contributed by atoms with Crippen LogP contribution < -0.4 is 5.73 Å². The number of carbonyl (C=O) groups excluding carboxylic acids is 1. The lowest BCUT2D eigenvalue weighted by Gasteiger charge is -2.14. The molecule has 1 fully saturated rings. The van der Waals surface area contributed by atoms with Crippen LogP contribution in [-0.2, 0) is 6.54 Å². The van der Waals surface area contributed by atoms with Gasteiger partial charge >= 0.3 is 0 Å². The minimum Gasteiger partial charge on any atom is -0.299 e. The molecule has 1 aromatic rings. The van der Waals surface area contributed by atoms with E-state index in [1.807, 2.05) is 18.2 Å². The van der Waals surface area contributed by atoms with Crippen molar-refractivity contribution in [2.75, 3.05) is 13.1 Å². The van der Waals surface area contributed by atoms with Crippen LogP contribution in [0.2, 0.25) is 0 Å². The van der Waals surface area contributed by atoms with Crippen LogP contribution >= 0.6 is 0 Å². The van der Waals surface area contributed by atoms with Gasteiger partial charge in [-0.2, -0.15) is 0 Å². The third-order valence-electron chi connectivity index (χ3n) is 2.79. The smallest absolute Gasteiger partial charge is 0.269 e. The van der Waals surface area contributed by atoms with Crippen LogP contribution in [0.3, 0.4) is 0 Å². The van der Waals surface area contributed by atoms with E-state index in [-0.39, 0.29) is 0 Å². The first-order valence-corrected chi connectivity index (χ1v) is 5.33. The number of rotatable bonds is 3. The standard InChI is InChI=1S/C12H15N2O/c13-12(15)11-5-3-4-10(8-11)9-14-6-1-2-7-14/h3-5,8,13H,1-2,6-7,9H2. The monoisotopic (exact) mass is 203 g/mol. The summed E-state index contributed by atoms with van der Waals surface area (Å²) in [5.41, 5.74) is 8.67. The Morgan fingerprint density at radius 1 is 1.33 bits per heavy atom. The summed E-state index contributed by atoms with van der Waals surface area (Å²) >= 11 is 0. The predicted octanol–water partition coefficient (Wildman–Crippen LogP) is 1.71. The molecule has 0 saturated carbocycles. The maximum Gasteiger partial charge on any atom is 0.269 e. The van der Waals surface area contributed by atoms with Crippen LogP contribution in [0, 0.1) is 0 Å². The van der Waals surface area contributed by atoms with Crippen LogP contribution in [0.15, 0.2) is 24.3 Å². The van der Waals surface area contributed by atoms with E-state index in [2.05, 4.69) is 4.90 Å². The zero-order chi connectivity index (χ0) is 10.7. The molecule has 1 amide bonds. The van der Waals surface area contributed by atoms with Gasteiger partial charge in [0.2, 0.25) is 0 Å². The number of amides is 1. The van der Waals surface area contributed by atoms with E-state index in [1.165, 1.54) is 12.8 Å². The van der Waals surface area contributed by atoms with E-state index in [9.17, 15) is 4.79 Å². The fourth-order valence-electron chi connectivity index (χ4n) is 2.01. The molecule has 1 aliphatic heterocycles. The Hall–Kier alpha value is -1.35. The van der Waals surface area contributed by atoms with Gasteiger partial charge in [-0.05, 0) is 43.6 Å². The van der Waals surface area contributed by atoms with Gasteiger partial charge < -0.3 is 0 Å². The third kappa shape index (κ3) is 2.57. The van der Waals surface area contributed by atoms with Crippen molar-refractivity contribution in [2.45, 2.75) is 19.4 Å². The fraction of sp³-hybridized carbons (Fsp3) is 0.417. The van der Waals surface area contributed by atoms with E-state index in [0.29, 0.717) is 5.56 Å². The van der Waals surface area contributed by atoms with Crippen LogP contribution in [-0.4, -0.2) is 23.9 Å². The topological polar surface area (TPSA) is 44.1 Å². The molecule has 0 aliphatic carbocycles. The lowest BCUT2D eigenvalue weighted by molar-refractivity contribution is 0.0992. The van der Waals surface area contributed by atoms with Crippen molar-refractivity contribution in [1.29, 1.82) is 0 Å². The van der Waals surface area contributed by atoms with E-state index in [1.54, 1.807) is 6.07 Å². The van der Waals surface area contributed by atoms with Gasteiger partial charge in [0.25, 0.3) is 5.91 Å². The number of hydrogen-bond donors (Lipinski definition) is 0. The Morgan fingerprint density at radius 3 is 2.73 bits per heavy atom. The molecule has 0 unspecified atom stereocenters. The Labute approximate surface area is 89.9 Å². The molecule has 1 saturated heterocycles. The molecule has 0 spiro atoms. The summed E-state index contributed by atoms with van der Waals surface area (Å²) < 4.78 is 0. The first-order valence-electron chi connectivity index (χ1n) is 5.33. The number of nitrogens with one attached hydrogen (secondary N) is 1. The van der Waals surface area contributed by atoms with Crippen molar-refractivity contribution in [3.8, 4) is 0 Å². The maximum atomic E-state index is 10.9. The van der Waals surface area contributed by atoms with E-state index >= 15 is 0 Å². The molecular formula is C12H15N2O. The number of likely N-dealkylation sites (tertiary alicyclic amines) is 1. The third-order valence-corrected chi connectivity index (χ3v) is 2.79. The first kappa shape index (κ1) is 10.2. The van der Waals surface area contributed by atoms with Crippen LogP contribution in [0.5, 0.6) is 0 Å². The van der Waals surface area contributed by atoms with Crippen molar-refractivity contribution in [3.63, 3.8) is 0 Å². The highest BCUT2D eigenvalue weighted by atomic mass is 16.1. The summed E-state index contributed by atoms with van der Waals surface area (Å²) in [6.07, 6.45) is 2.55. The molecule has 2 rings (SSSR count). The molecule has 0 atom stereocenters. The summed E-state index contributed by atoms with van der Waals surface area (Å²) in [6, 6.07) is 7.40. The summed E-state index contributed by atoms with van der Waals surface area (Å²) in [5.74, 6) is -0.599. The minimum atomic E-state index is -0.599. The summed E-state index contributed by atoms with van der Waals surface area (Å²) in [6.45, 7) is 3.21. The van der Waals surface area contributed by atoms with Gasteiger partial charge in [-0.3, -0.25) is 15.4 Å². The minimum absolute atomic E-state index is 0.492. The lowest BCUT2D eigenvalue weighted by Crippen LogP contribution is -2.18. The normalized spacial score (nSPS) is 16.8. The molecule has 1 aliphatic rings. The highest BCUT2D eigenvalue weighted by Gasteiger charge is 2.12. The van der Waals surface area contributed by atoms with Crippen LogP contribution in [0.25, 0.3) is 0 Å². The second-order valence-corrected chi connectivity index (χ2v) is 4.01. The van der Waals surface area contributed by atoms with E-state index in [0.717, 1.165) is 25.2 Å². The molecule has 3 nitrogen and oxygen atoms in total. The maximum absolute atomic E-state index is 10.9. The lowest BCUT2D eigenvalue weighted by atomic mass is 10.1. The first-order chi connectivity index (χ1) is 7.25. The molecule has 79 valence electrons.